The molecule has 0 fully saturated rings. The lowest BCUT2D eigenvalue weighted by Gasteiger charge is -2.21. The van der Waals surface area contributed by atoms with Gasteiger partial charge in [-0.3, -0.25) is 0 Å². The second-order valence-electron chi connectivity index (χ2n) is 5.35. The molecule has 0 aliphatic heterocycles. The topological polar surface area (TPSA) is 49.7 Å². The number of aliphatic hydroxyl groups is 2. The summed E-state index contributed by atoms with van der Waals surface area (Å²) in [6.45, 7) is 10.4. The van der Waals surface area contributed by atoms with Crippen molar-refractivity contribution in [3.05, 3.63) is 28.8 Å². The molecule has 3 heteroatoms. The average Bonchev–Trinajstić information content (AvgIpc) is 2.33. The highest BCUT2D eigenvalue weighted by Gasteiger charge is 2.18. The molecule has 3 atom stereocenters. The van der Waals surface area contributed by atoms with E-state index in [4.69, 9.17) is 4.74 Å². The van der Waals surface area contributed by atoms with Crippen molar-refractivity contribution in [1.29, 1.82) is 0 Å². The van der Waals surface area contributed by atoms with E-state index in [1.54, 1.807) is 6.92 Å². The van der Waals surface area contributed by atoms with Crippen LogP contribution >= 0.6 is 0 Å². The predicted molar refractivity (Wildman–Crippen MR) is 77.8 cm³/mol. The minimum absolute atomic E-state index is 0.207. The van der Waals surface area contributed by atoms with E-state index in [1.165, 1.54) is 11.1 Å². The number of rotatable bonds is 6. The number of aryl methyl sites for hydroxylation is 2. The van der Waals surface area contributed by atoms with Crippen molar-refractivity contribution in [2.45, 2.75) is 59.2 Å². The summed E-state index contributed by atoms with van der Waals surface area (Å²) in [7, 11) is 0. The molecule has 3 nitrogen and oxygen atoms in total. The van der Waals surface area contributed by atoms with Gasteiger partial charge in [0.15, 0.2) is 0 Å². The Balaban J connectivity index is 2.91. The van der Waals surface area contributed by atoms with Crippen molar-refractivity contribution in [2.75, 3.05) is 6.61 Å². The van der Waals surface area contributed by atoms with E-state index in [2.05, 4.69) is 26.0 Å². The first-order valence-electron chi connectivity index (χ1n) is 6.96. The molecule has 0 bridgehead atoms. The van der Waals surface area contributed by atoms with Crippen molar-refractivity contribution >= 4 is 0 Å². The summed E-state index contributed by atoms with van der Waals surface area (Å²) in [4.78, 5) is 0. The fourth-order valence-electron chi connectivity index (χ4n) is 2.34. The van der Waals surface area contributed by atoms with E-state index in [0.717, 1.165) is 11.3 Å². The molecule has 0 saturated carbocycles. The molecular weight excluding hydrogens is 240 g/mol. The van der Waals surface area contributed by atoms with Gasteiger partial charge in [0.2, 0.25) is 0 Å². The molecule has 108 valence electrons. The zero-order valence-electron chi connectivity index (χ0n) is 12.6. The van der Waals surface area contributed by atoms with Gasteiger partial charge in [-0.1, -0.05) is 13.0 Å². The van der Waals surface area contributed by atoms with Crippen LogP contribution in [0.25, 0.3) is 0 Å². The minimum atomic E-state index is -0.688. The number of hydrogen-bond donors (Lipinski definition) is 2. The van der Waals surface area contributed by atoms with Crippen molar-refractivity contribution in [2.24, 2.45) is 0 Å². The van der Waals surface area contributed by atoms with Gasteiger partial charge in [-0.05, 0) is 62.8 Å². The lowest BCUT2D eigenvalue weighted by molar-refractivity contribution is 0.0227. The van der Waals surface area contributed by atoms with E-state index in [9.17, 15) is 10.2 Å². The molecule has 0 amide bonds. The largest absolute Gasteiger partial charge is 0.494 e. The SMILES string of the molecule is CCOc1cc(C)c(C(C)CC(O)C(C)O)cc1C. The summed E-state index contributed by atoms with van der Waals surface area (Å²) in [5.74, 6) is 1.13. The quantitative estimate of drug-likeness (QED) is 0.832. The molecule has 19 heavy (non-hydrogen) atoms. The maximum Gasteiger partial charge on any atom is 0.122 e. The van der Waals surface area contributed by atoms with Crippen LogP contribution in [0.3, 0.4) is 0 Å². The molecule has 1 rings (SSSR count). The van der Waals surface area contributed by atoms with E-state index in [-0.39, 0.29) is 5.92 Å². The Morgan fingerprint density at radius 1 is 1.11 bits per heavy atom. The highest BCUT2D eigenvalue weighted by Crippen LogP contribution is 2.30. The molecular formula is C16H26O3. The minimum Gasteiger partial charge on any atom is -0.494 e. The molecule has 2 N–H and O–H groups in total. The van der Waals surface area contributed by atoms with Gasteiger partial charge in [0.25, 0.3) is 0 Å². The third-order valence-corrected chi connectivity index (χ3v) is 3.55. The number of aliphatic hydroxyl groups excluding tert-OH is 2. The summed E-state index contributed by atoms with van der Waals surface area (Å²) in [6.07, 6.45) is -0.806. The zero-order chi connectivity index (χ0) is 14.6. The number of ether oxygens (including phenoxy) is 1. The van der Waals surface area contributed by atoms with Gasteiger partial charge in [0, 0.05) is 0 Å². The Labute approximate surface area is 116 Å². The fourth-order valence-corrected chi connectivity index (χ4v) is 2.34. The van der Waals surface area contributed by atoms with Gasteiger partial charge in [-0.25, -0.2) is 0 Å². The molecule has 1 aromatic rings. The van der Waals surface area contributed by atoms with Crippen molar-refractivity contribution < 1.29 is 14.9 Å². The van der Waals surface area contributed by atoms with Crippen LogP contribution in [0.4, 0.5) is 0 Å². The van der Waals surface area contributed by atoms with E-state index in [1.807, 2.05) is 13.8 Å². The van der Waals surface area contributed by atoms with Crippen LogP contribution in [-0.2, 0) is 0 Å². The zero-order valence-corrected chi connectivity index (χ0v) is 12.6. The average molecular weight is 266 g/mol. The summed E-state index contributed by atoms with van der Waals surface area (Å²) in [5.41, 5.74) is 3.49. The van der Waals surface area contributed by atoms with Crippen LogP contribution in [0.15, 0.2) is 12.1 Å². The van der Waals surface area contributed by atoms with E-state index < -0.39 is 12.2 Å². The molecule has 0 aliphatic carbocycles. The van der Waals surface area contributed by atoms with Gasteiger partial charge in [0.05, 0.1) is 18.8 Å². The third-order valence-electron chi connectivity index (χ3n) is 3.55. The maximum absolute atomic E-state index is 9.78. The standard InChI is InChI=1S/C16H26O3/c1-6-19-16-9-11(3)14(7-12(16)4)10(2)8-15(18)13(5)17/h7,9-10,13,15,17-18H,6,8H2,1-5H3. The lowest BCUT2D eigenvalue weighted by Crippen LogP contribution is -2.24. The van der Waals surface area contributed by atoms with Crippen LogP contribution < -0.4 is 4.74 Å². The highest BCUT2D eigenvalue weighted by molar-refractivity contribution is 5.43. The molecule has 0 aliphatic rings. The monoisotopic (exact) mass is 266 g/mol. The fraction of sp³-hybridized carbons (Fsp3) is 0.625. The molecule has 0 spiro atoms. The first-order valence-corrected chi connectivity index (χ1v) is 6.96. The molecule has 0 radical (unpaired) electrons. The van der Waals surface area contributed by atoms with Gasteiger partial charge in [-0.2, -0.15) is 0 Å². The van der Waals surface area contributed by atoms with E-state index >= 15 is 0 Å². The lowest BCUT2D eigenvalue weighted by atomic mass is 9.89. The maximum atomic E-state index is 9.78. The normalized spacial score (nSPS) is 15.9. The molecule has 1 aromatic carbocycles. The number of benzene rings is 1. The summed E-state index contributed by atoms with van der Waals surface area (Å²) in [5, 5.41) is 19.2. The predicted octanol–water partition coefficient (Wildman–Crippen LogP) is 2.94. The van der Waals surface area contributed by atoms with Crippen molar-refractivity contribution in [3.63, 3.8) is 0 Å². The Morgan fingerprint density at radius 2 is 1.74 bits per heavy atom. The van der Waals surface area contributed by atoms with Crippen LogP contribution in [0.5, 0.6) is 5.75 Å². The van der Waals surface area contributed by atoms with Crippen LogP contribution in [0.2, 0.25) is 0 Å². The van der Waals surface area contributed by atoms with Gasteiger partial charge < -0.3 is 14.9 Å². The molecule has 0 saturated heterocycles. The van der Waals surface area contributed by atoms with Crippen molar-refractivity contribution in [1.82, 2.24) is 0 Å². The Kier molecular flexibility index (Phi) is 5.83. The van der Waals surface area contributed by atoms with Crippen LogP contribution in [0.1, 0.15) is 49.8 Å². The first kappa shape index (κ1) is 16.0. The summed E-state index contributed by atoms with van der Waals surface area (Å²) >= 11 is 0. The van der Waals surface area contributed by atoms with Gasteiger partial charge >= 0.3 is 0 Å². The second kappa shape index (κ2) is 6.92. The Bertz CT molecular complexity index is 413. The van der Waals surface area contributed by atoms with E-state index in [0.29, 0.717) is 13.0 Å². The molecule has 0 heterocycles. The van der Waals surface area contributed by atoms with Crippen LogP contribution in [0, 0.1) is 13.8 Å². The van der Waals surface area contributed by atoms with Crippen molar-refractivity contribution in [3.8, 4) is 5.75 Å². The Morgan fingerprint density at radius 3 is 2.26 bits per heavy atom. The van der Waals surface area contributed by atoms with Crippen LogP contribution in [-0.4, -0.2) is 29.0 Å². The van der Waals surface area contributed by atoms with Gasteiger partial charge in [-0.15, -0.1) is 0 Å². The smallest absolute Gasteiger partial charge is 0.122 e. The molecule has 0 aromatic heterocycles. The highest BCUT2D eigenvalue weighted by atomic mass is 16.5. The second-order valence-corrected chi connectivity index (χ2v) is 5.35. The van der Waals surface area contributed by atoms with Gasteiger partial charge in [0.1, 0.15) is 5.75 Å². The third kappa shape index (κ3) is 4.22. The number of hydrogen-bond acceptors (Lipinski definition) is 3. The Hall–Kier alpha value is -1.06. The first-order chi connectivity index (χ1) is 8.86. The summed E-state index contributed by atoms with van der Waals surface area (Å²) < 4.78 is 5.58. The summed E-state index contributed by atoms with van der Waals surface area (Å²) in [6, 6.07) is 4.18. The molecule has 3 unspecified atom stereocenters.